The molecule has 180 valence electrons. The van der Waals surface area contributed by atoms with Crippen molar-refractivity contribution in [1.82, 2.24) is 4.90 Å². The number of ether oxygens (including phenoxy) is 2. The van der Waals surface area contributed by atoms with Gasteiger partial charge in [0, 0.05) is 19.2 Å². The van der Waals surface area contributed by atoms with Crippen LogP contribution in [-0.4, -0.2) is 47.5 Å². The van der Waals surface area contributed by atoms with Gasteiger partial charge in [-0.1, -0.05) is 42.5 Å². The maximum Gasteiger partial charge on any atom is 0.411 e. The standard InChI is InChI=1S/C24H27N3O7/c1-17(23(29)33-15-18-7-3-2-4-8-18)22(28)26-13-11-19(12-14-26)16-34-24(30)25-20-9-5-6-10-21(20)27(31)32/h2-10,17,19H,11-16H2,1H3,(H,25,30). The van der Waals surface area contributed by atoms with Crippen LogP contribution in [0.15, 0.2) is 54.6 Å². The van der Waals surface area contributed by atoms with Crippen LogP contribution in [0.4, 0.5) is 16.2 Å². The summed E-state index contributed by atoms with van der Waals surface area (Å²) in [7, 11) is 0. The van der Waals surface area contributed by atoms with E-state index in [1.807, 2.05) is 30.3 Å². The van der Waals surface area contributed by atoms with Gasteiger partial charge in [-0.25, -0.2) is 4.79 Å². The Kier molecular flexibility index (Phi) is 8.55. The lowest BCUT2D eigenvalue weighted by Gasteiger charge is -2.32. The number of carbonyl (C=O) groups is 3. The number of piperidine rings is 1. The van der Waals surface area contributed by atoms with Crippen LogP contribution >= 0.6 is 0 Å². The predicted octanol–water partition coefficient (Wildman–Crippen LogP) is 3.76. The van der Waals surface area contributed by atoms with Gasteiger partial charge in [-0.15, -0.1) is 0 Å². The molecule has 34 heavy (non-hydrogen) atoms. The largest absolute Gasteiger partial charge is 0.460 e. The highest BCUT2D eigenvalue weighted by atomic mass is 16.6. The smallest absolute Gasteiger partial charge is 0.411 e. The second-order valence-electron chi connectivity index (χ2n) is 8.08. The molecule has 10 nitrogen and oxygen atoms in total. The summed E-state index contributed by atoms with van der Waals surface area (Å²) in [6.45, 7) is 2.66. The molecule has 0 bridgehead atoms. The van der Waals surface area contributed by atoms with E-state index in [9.17, 15) is 24.5 Å². The van der Waals surface area contributed by atoms with Gasteiger partial charge in [-0.3, -0.25) is 25.0 Å². The number of nitro groups is 1. The van der Waals surface area contributed by atoms with Gasteiger partial charge in [-0.05, 0) is 37.3 Å². The molecule has 2 aromatic carbocycles. The van der Waals surface area contributed by atoms with Crippen LogP contribution in [0.5, 0.6) is 0 Å². The molecule has 1 saturated heterocycles. The summed E-state index contributed by atoms with van der Waals surface area (Å²) >= 11 is 0. The average Bonchev–Trinajstić information content (AvgIpc) is 2.86. The number of anilines is 1. The van der Waals surface area contributed by atoms with Gasteiger partial charge in [-0.2, -0.15) is 0 Å². The van der Waals surface area contributed by atoms with Gasteiger partial charge in [0.1, 0.15) is 18.2 Å². The number of carbonyl (C=O) groups excluding carboxylic acids is 3. The van der Waals surface area contributed by atoms with Crippen LogP contribution in [0.3, 0.4) is 0 Å². The molecule has 1 N–H and O–H groups in total. The minimum absolute atomic E-state index is 0.0425. The Morgan fingerprint density at radius 1 is 1.06 bits per heavy atom. The number of benzene rings is 2. The van der Waals surface area contributed by atoms with Crippen LogP contribution < -0.4 is 5.32 Å². The lowest BCUT2D eigenvalue weighted by Crippen LogP contribution is -2.44. The van der Waals surface area contributed by atoms with E-state index in [0.29, 0.717) is 25.9 Å². The second kappa shape index (κ2) is 11.8. The second-order valence-corrected chi connectivity index (χ2v) is 8.08. The van der Waals surface area contributed by atoms with E-state index in [4.69, 9.17) is 9.47 Å². The third-order valence-electron chi connectivity index (χ3n) is 5.66. The van der Waals surface area contributed by atoms with Gasteiger partial charge in [0.05, 0.1) is 11.5 Å². The summed E-state index contributed by atoms with van der Waals surface area (Å²) < 4.78 is 10.5. The molecule has 0 spiro atoms. The molecule has 0 saturated carbocycles. The summed E-state index contributed by atoms with van der Waals surface area (Å²) in [5.41, 5.74) is 0.691. The van der Waals surface area contributed by atoms with E-state index in [0.717, 1.165) is 5.56 Å². The molecule has 1 aliphatic heterocycles. The van der Waals surface area contributed by atoms with Crippen molar-refractivity contribution < 1.29 is 28.8 Å². The average molecular weight is 469 g/mol. The molecule has 0 radical (unpaired) electrons. The van der Waals surface area contributed by atoms with Crippen LogP contribution in [0.25, 0.3) is 0 Å². The Bertz CT molecular complexity index is 1020. The highest BCUT2D eigenvalue weighted by Crippen LogP contribution is 2.24. The Hall–Kier alpha value is -3.95. The molecule has 0 aromatic heterocycles. The van der Waals surface area contributed by atoms with Gasteiger partial charge in [0.25, 0.3) is 5.69 Å². The summed E-state index contributed by atoms with van der Waals surface area (Å²) in [5, 5.41) is 13.4. The SMILES string of the molecule is CC(C(=O)OCc1ccccc1)C(=O)N1CCC(COC(=O)Nc2ccccc2[N+](=O)[O-])CC1. The molecule has 1 fully saturated rings. The summed E-state index contributed by atoms with van der Waals surface area (Å²) in [6.07, 6.45) is 0.439. The number of nitrogens with one attached hydrogen (secondary N) is 1. The zero-order valence-corrected chi connectivity index (χ0v) is 18.8. The van der Waals surface area contributed by atoms with E-state index < -0.39 is 22.9 Å². The molecule has 1 unspecified atom stereocenters. The first-order chi connectivity index (χ1) is 16.3. The normalized spacial score (nSPS) is 14.7. The third kappa shape index (κ3) is 6.77. The number of para-hydroxylation sites is 2. The van der Waals surface area contributed by atoms with Crippen LogP contribution in [-0.2, 0) is 25.7 Å². The van der Waals surface area contributed by atoms with Gasteiger partial charge >= 0.3 is 12.1 Å². The van der Waals surface area contributed by atoms with E-state index in [-0.39, 0.29) is 36.4 Å². The van der Waals surface area contributed by atoms with Crippen molar-refractivity contribution in [2.75, 3.05) is 25.0 Å². The molecule has 1 atom stereocenters. The molecule has 0 aliphatic carbocycles. The highest BCUT2D eigenvalue weighted by molar-refractivity contribution is 5.97. The van der Waals surface area contributed by atoms with Crippen molar-refractivity contribution in [3.63, 3.8) is 0 Å². The lowest BCUT2D eigenvalue weighted by atomic mass is 9.96. The first kappa shape index (κ1) is 24.7. The number of nitrogens with zero attached hydrogens (tertiary/aromatic N) is 2. The Labute approximate surface area is 197 Å². The topological polar surface area (TPSA) is 128 Å². The van der Waals surface area contributed by atoms with Crippen molar-refractivity contribution in [3.8, 4) is 0 Å². The first-order valence-electron chi connectivity index (χ1n) is 11.0. The predicted molar refractivity (Wildman–Crippen MR) is 123 cm³/mol. The highest BCUT2D eigenvalue weighted by Gasteiger charge is 2.31. The fraction of sp³-hybridized carbons (Fsp3) is 0.375. The molecule has 1 heterocycles. The van der Waals surface area contributed by atoms with Crippen molar-refractivity contribution in [1.29, 1.82) is 0 Å². The summed E-state index contributed by atoms with van der Waals surface area (Å²) in [4.78, 5) is 49.1. The van der Waals surface area contributed by atoms with E-state index in [2.05, 4.69) is 5.32 Å². The van der Waals surface area contributed by atoms with E-state index in [1.54, 1.807) is 11.0 Å². The lowest BCUT2D eigenvalue weighted by molar-refractivity contribution is -0.383. The van der Waals surface area contributed by atoms with Crippen molar-refractivity contribution >= 4 is 29.3 Å². The fourth-order valence-corrected chi connectivity index (χ4v) is 3.63. The minimum Gasteiger partial charge on any atom is -0.460 e. The molecular weight excluding hydrogens is 442 g/mol. The number of amides is 2. The number of rotatable bonds is 8. The minimum atomic E-state index is -0.899. The van der Waals surface area contributed by atoms with Gasteiger partial charge < -0.3 is 14.4 Å². The maximum absolute atomic E-state index is 12.7. The summed E-state index contributed by atoms with van der Waals surface area (Å²) in [5.74, 6) is -1.71. The third-order valence-corrected chi connectivity index (χ3v) is 5.66. The first-order valence-corrected chi connectivity index (χ1v) is 11.0. The monoisotopic (exact) mass is 469 g/mol. The van der Waals surface area contributed by atoms with Crippen LogP contribution in [0.2, 0.25) is 0 Å². The number of likely N-dealkylation sites (tertiary alicyclic amines) is 1. The van der Waals surface area contributed by atoms with Crippen molar-refractivity contribution in [2.24, 2.45) is 11.8 Å². The molecule has 3 rings (SSSR count). The van der Waals surface area contributed by atoms with E-state index >= 15 is 0 Å². The van der Waals surface area contributed by atoms with Crippen LogP contribution in [0, 0.1) is 22.0 Å². The molecule has 2 aromatic rings. The Morgan fingerprint density at radius 3 is 2.38 bits per heavy atom. The van der Waals surface area contributed by atoms with Gasteiger partial charge in [0.2, 0.25) is 5.91 Å². The van der Waals surface area contributed by atoms with Crippen molar-refractivity contribution in [2.45, 2.75) is 26.4 Å². The van der Waals surface area contributed by atoms with Gasteiger partial charge in [0.15, 0.2) is 0 Å². The quantitative estimate of drug-likeness (QED) is 0.270. The Balaban J connectivity index is 1.39. The number of hydrogen-bond acceptors (Lipinski definition) is 7. The van der Waals surface area contributed by atoms with Crippen LogP contribution in [0.1, 0.15) is 25.3 Å². The molecule has 2 amide bonds. The molecule has 1 aliphatic rings. The molecular formula is C24H27N3O7. The molecule has 10 heteroatoms. The Morgan fingerprint density at radius 2 is 1.71 bits per heavy atom. The zero-order valence-electron chi connectivity index (χ0n) is 18.8. The maximum atomic E-state index is 12.7. The fourth-order valence-electron chi connectivity index (χ4n) is 3.63. The number of esters is 1. The number of hydrogen-bond donors (Lipinski definition) is 1. The number of nitro benzene ring substituents is 1. The van der Waals surface area contributed by atoms with Crippen molar-refractivity contribution in [3.05, 3.63) is 70.3 Å². The summed E-state index contributed by atoms with van der Waals surface area (Å²) in [6, 6.07) is 15.1. The van der Waals surface area contributed by atoms with E-state index in [1.165, 1.54) is 25.1 Å². The zero-order chi connectivity index (χ0) is 24.5.